The second-order valence-corrected chi connectivity index (χ2v) is 8.95. The molecule has 190 valence electrons. The first kappa shape index (κ1) is 25.4. The Bertz CT molecular complexity index is 1160. The van der Waals surface area contributed by atoms with Gasteiger partial charge in [0.25, 0.3) is 0 Å². The minimum absolute atomic E-state index is 0.0946. The number of methoxy groups -OCH3 is 1. The fourth-order valence-electron chi connectivity index (χ4n) is 4.18. The first-order valence-electron chi connectivity index (χ1n) is 12.1. The number of rotatable bonds is 9. The van der Waals surface area contributed by atoms with Crippen LogP contribution in [-0.2, 0) is 17.9 Å². The molecule has 1 aromatic heterocycles. The van der Waals surface area contributed by atoms with E-state index in [9.17, 15) is 9.18 Å². The van der Waals surface area contributed by atoms with E-state index in [1.54, 1.807) is 30.5 Å². The molecule has 0 bridgehead atoms. The molecule has 0 N–H and O–H groups in total. The van der Waals surface area contributed by atoms with Crippen molar-refractivity contribution in [2.24, 2.45) is 0 Å². The number of ether oxygens (including phenoxy) is 3. The molecule has 1 saturated heterocycles. The lowest BCUT2D eigenvalue weighted by Crippen LogP contribution is -2.46. The number of piperazine rings is 1. The number of hydrogen-bond donors (Lipinski definition) is 0. The van der Waals surface area contributed by atoms with Crippen molar-refractivity contribution in [3.05, 3.63) is 83.3 Å². The fraction of sp³-hybridized carbons (Fsp3) is 0.357. The van der Waals surface area contributed by atoms with Crippen molar-refractivity contribution in [2.75, 3.05) is 38.2 Å². The van der Waals surface area contributed by atoms with Crippen LogP contribution in [0.1, 0.15) is 35.3 Å². The van der Waals surface area contributed by atoms with Crippen LogP contribution >= 0.6 is 0 Å². The zero-order valence-electron chi connectivity index (χ0n) is 20.9. The monoisotopic (exact) mass is 493 g/mol. The van der Waals surface area contributed by atoms with Crippen molar-refractivity contribution in [1.82, 2.24) is 9.88 Å². The number of carbonyl (C=O) groups is 1. The van der Waals surface area contributed by atoms with Crippen LogP contribution in [0.5, 0.6) is 11.5 Å². The number of pyridine rings is 1. The van der Waals surface area contributed by atoms with E-state index in [1.165, 1.54) is 18.7 Å². The largest absolute Gasteiger partial charge is 0.496 e. The molecule has 8 heteroatoms. The van der Waals surface area contributed by atoms with Crippen LogP contribution in [0.4, 0.5) is 10.2 Å². The molecule has 1 aliphatic rings. The molecule has 0 unspecified atom stereocenters. The smallest absolute Gasteiger partial charge is 0.342 e. The summed E-state index contributed by atoms with van der Waals surface area (Å²) in [5.41, 5.74) is 2.07. The molecule has 0 spiro atoms. The van der Waals surface area contributed by atoms with Gasteiger partial charge in [-0.3, -0.25) is 4.90 Å². The Balaban J connectivity index is 1.30. The van der Waals surface area contributed by atoms with Crippen LogP contribution in [0.15, 0.2) is 60.8 Å². The second-order valence-electron chi connectivity index (χ2n) is 8.95. The maximum absolute atomic E-state index is 14.1. The summed E-state index contributed by atoms with van der Waals surface area (Å²) in [5, 5.41) is 0. The minimum Gasteiger partial charge on any atom is -0.496 e. The number of aromatic nitrogens is 1. The van der Waals surface area contributed by atoms with Gasteiger partial charge in [-0.05, 0) is 55.8 Å². The van der Waals surface area contributed by atoms with Crippen molar-refractivity contribution in [3.63, 3.8) is 0 Å². The average Bonchev–Trinajstić information content (AvgIpc) is 2.89. The number of hydrogen-bond acceptors (Lipinski definition) is 7. The van der Waals surface area contributed by atoms with Crippen LogP contribution < -0.4 is 14.4 Å². The first-order valence-corrected chi connectivity index (χ1v) is 12.1. The van der Waals surface area contributed by atoms with E-state index in [4.69, 9.17) is 14.2 Å². The van der Waals surface area contributed by atoms with Gasteiger partial charge in [0.05, 0.1) is 18.8 Å². The van der Waals surface area contributed by atoms with Crippen molar-refractivity contribution < 1.29 is 23.4 Å². The molecule has 3 aromatic rings. The molecule has 0 radical (unpaired) electrons. The molecule has 1 fully saturated rings. The highest BCUT2D eigenvalue weighted by atomic mass is 19.1. The summed E-state index contributed by atoms with van der Waals surface area (Å²) in [6.45, 7) is 7.81. The van der Waals surface area contributed by atoms with E-state index in [0.717, 1.165) is 32.7 Å². The summed E-state index contributed by atoms with van der Waals surface area (Å²) in [5.74, 6) is 1.13. The molecule has 7 nitrogen and oxygen atoms in total. The molecule has 36 heavy (non-hydrogen) atoms. The van der Waals surface area contributed by atoms with Gasteiger partial charge in [0.2, 0.25) is 0 Å². The maximum atomic E-state index is 14.1. The number of esters is 1. The van der Waals surface area contributed by atoms with Crippen LogP contribution in [0, 0.1) is 5.82 Å². The Morgan fingerprint density at radius 1 is 1.03 bits per heavy atom. The van der Waals surface area contributed by atoms with Crippen LogP contribution in [0.2, 0.25) is 0 Å². The number of nitrogens with zero attached hydrogens (tertiary/aromatic N) is 3. The molecular weight excluding hydrogens is 461 g/mol. The molecule has 2 heterocycles. The summed E-state index contributed by atoms with van der Waals surface area (Å²) in [6, 6.07) is 16.1. The highest BCUT2D eigenvalue weighted by Gasteiger charge is 2.23. The Morgan fingerprint density at radius 3 is 2.47 bits per heavy atom. The van der Waals surface area contributed by atoms with E-state index in [2.05, 4.69) is 14.8 Å². The standard InChI is InChI=1S/C28H32FN3O4/c1-20(2)36-28(33)23-6-5-13-30-27(23)32-16-14-31(15-17-32)18-21-9-11-22(12-10-21)35-19-24-25(29)7-4-8-26(24)34-3/h4-13,20H,14-19H2,1-3H3. The molecule has 0 atom stereocenters. The van der Waals surface area contributed by atoms with Crippen molar-refractivity contribution in [2.45, 2.75) is 33.1 Å². The van der Waals surface area contributed by atoms with Gasteiger partial charge in [-0.2, -0.15) is 0 Å². The predicted octanol–water partition coefficient (Wildman–Crippen LogP) is 4.70. The summed E-state index contributed by atoms with van der Waals surface area (Å²) < 4.78 is 30.5. The topological polar surface area (TPSA) is 64.1 Å². The quantitative estimate of drug-likeness (QED) is 0.401. The Morgan fingerprint density at radius 2 is 1.78 bits per heavy atom. The molecule has 2 aromatic carbocycles. The third-order valence-corrected chi connectivity index (χ3v) is 6.03. The van der Waals surface area contributed by atoms with E-state index in [-0.39, 0.29) is 24.5 Å². The van der Waals surface area contributed by atoms with Gasteiger partial charge in [-0.1, -0.05) is 18.2 Å². The zero-order chi connectivity index (χ0) is 25.5. The number of anilines is 1. The molecular formula is C28H32FN3O4. The van der Waals surface area contributed by atoms with Gasteiger partial charge in [0.15, 0.2) is 0 Å². The Hall–Kier alpha value is -3.65. The van der Waals surface area contributed by atoms with Crippen LogP contribution in [0.3, 0.4) is 0 Å². The molecule has 0 amide bonds. The summed E-state index contributed by atoms with van der Waals surface area (Å²) in [4.78, 5) is 21.5. The Kier molecular flexibility index (Phi) is 8.38. The summed E-state index contributed by atoms with van der Waals surface area (Å²) >= 11 is 0. The summed E-state index contributed by atoms with van der Waals surface area (Å²) in [6.07, 6.45) is 1.53. The highest BCUT2D eigenvalue weighted by Crippen LogP contribution is 2.24. The molecule has 1 aliphatic heterocycles. The van der Waals surface area contributed by atoms with Gasteiger partial charge in [-0.15, -0.1) is 0 Å². The van der Waals surface area contributed by atoms with Crippen LogP contribution in [0.25, 0.3) is 0 Å². The lowest BCUT2D eigenvalue weighted by atomic mass is 10.1. The Labute approximate surface area is 211 Å². The van der Waals surface area contributed by atoms with Gasteiger partial charge >= 0.3 is 5.97 Å². The molecule has 4 rings (SSSR count). The normalized spacial score (nSPS) is 14.1. The van der Waals surface area contributed by atoms with Gasteiger partial charge in [0, 0.05) is 38.9 Å². The van der Waals surface area contributed by atoms with Crippen molar-refractivity contribution >= 4 is 11.8 Å². The van der Waals surface area contributed by atoms with E-state index >= 15 is 0 Å². The van der Waals surface area contributed by atoms with E-state index < -0.39 is 0 Å². The highest BCUT2D eigenvalue weighted by molar-refractivity contribution is 5.94. The molecule has 0 aliphatic carbocycles. The van der Waals surface area contributed by atoms with E-state index in [1.807, 2.05) is 38.1 Å². The van der Waals surface area contributed by atoms with Crippen LogP contribution in [-0.4, -0.2) is 55.2 Å². The first-order chi connectivity index (χ1) is 17.4. The minimum atomic E-state index is -0.347. The third kappa shape index (κ3) is 6.31. The fourth-order valence-corrected chi connectivity index (χ4v) is 4.18. The predicted molar refractivity (Wildman–Crippen MR) is 136 cm³/mol. The zero-order valence-corrected chi connectivity index (χ0v) is 20.9. The maximum Gasteiger partial charge on any atom is 0.342 e. The summed E-state index contributed by atoms with van der Waals surface area (Å²) in [7, 11) is 1.52. The van der Waals surface area contributed by atoms with Crippen molar-refractivity contribution in [1.29, 1.82) is 0 Å². The third-order valence-electron chi connectivity index (χ3n) is 6.03. The van der Waals surface area contributed by atoms with Gasteiger partial charge in [-0.25, -0.2) is 14.2 Å². The number of halogens is 1. The van der Waals surface area contributed by atoms with Gasteiger partial charge < -0.3 is 19.1 Å². The second kappa shape index (κ2) is 11.9. The number of carbonyl (C=O) groups excluding carboxylic acids is 1. The number of benzene rings is 2. The molecule has 0 saturated carbocycles. The average molecular weight is 494 g/mol. The van der Waals surface area contributed by atoms with E-state index in [0.29, 0.717) is 28.4 Å². The SMILES string of the molecule is COc1cccc(F)c1COc1ccc(CN2CCN(c3ncccc3C(=O)OC(C)C)CC2)cc1. The lowest BCUT2D eigenvalue weighted by molar-refractivity contribution is 0.0378. The van der Waals surface area contributed by atoms with Gasteiger partial charge in [0.1, 0.15) is 35.3 Å². The lowest BCUT2D eigenvalue weighted by Gasteiger charge is -2.36. The van der Waals surface area contributed by atoms with Crippen molar-refractivity contribution in [3.8, 4) is 11.5 Å².